The smallest absolute Gasteiger partial charge is 0.254 e. The summed E-state index contributed by atoms with van der Waals surface area (Å²) in [6.45, 7) is 2.24. The molecule has 2 aliphatic heterocycles. The van der Waals surface area contributed by atoms with E-state index in [1.807, 2.05) is 58.3 Å². The molecule has 2 heterocycles. The summed E-state index contributed by atoms with van der Waals surface area (Å²) in [4.78, 5) is 28.8. The van der Waals surface area contributed by atoms with Crippen molar-refractivity contribution in [3.8, 4) is 5.75 Å². The predicted octanol–water partition coefficient (Wildman–Crippen LogP) is 3.79. The van der Waals surface area contributed by atoms with Crippen molar-refractivity contribution in [2.45, 2.75) is 38.3 Å². The van der Waals surface area contributed by atoms with Crippen molar-refractivity contribution in [1.82, 2.24) is 9.80 Å². The van der Waals surface area contributed by atoms with Crippen molar-refractivity contribution in [3.05, 3.63) is 65.2 Å². The molecule has 146 valence electrons. The number of rotatable bonds is 5. The van der Waals surface area contributed by atoms with Gasteiger partial charge in [0.25, 0.3) is 5.91 Å². The summed E-state index contributed by atoms with van der Waals surface area (Å²) in [7, 11) is 1.66. The third-order valence-electron chi connectivity index (χ3n) is 5.76. The number of nitrogens with zero attached hydrogens (tertiary/aromatic N) is 2. The van der Waals surface area contributed by atoms with Gasteiger partial charge in [-0.15, -0.1) is 0 Å². The minimum absolute atomic E-state index is 0.0714. The van der Waals surface area contributed by atoms with Crippen LogP contribution in [0.4, 0.5) is 0 Å². The number of hydrogen-bond acceptors (Lipinski definition) is 3. The van der Waals surface area contributed by atoms with E-state index >= 15 is 0 Å². The van der Waals surface area contributed by atoms with E-state index in [1.54, 1.807) is 7.11 Å². The molecule has 0 spiro atoms. The van der Waals surface area contributed by atoms with Crippen LogP contribution in [0.25, 0.3) is 0 Å². The second kappa shape index (κ2) is 8.05. The summed E-state index contributed by atoms with van der Waals surface area (Å²) in [6, 6.07) is 15.8. The third-order valence-corrected chi connectivity index (χ3v) is 5.76. The van der Waals surface area contributed by atoms with Gasteiger partial charge in [0.15, 0.2) is 0 Å². The van der Waals surface area contributed by atoms with Gasteiger partial charge in [0.1, 0.15) is 5.75 Å². The zero-order chi connectivity index (χ0) is 19.5. The van der Waals surface area contributed by atoms with Crippen LogP contribution in [0.1, 0.15) is 53.2 Å². The molecule has 2 amide bonds. The van der Waals surface area contributed by atoms with Crippen molar-refractivity contribution in [2.24, 2.45) is 0 Å². The van der Waals surface area contributed by atoms with Gasteiger partial charge in [-0.25, -0.2) is 0 Å². The highest BCUT2D eigenvalue weighted by atomic mass is 16.5. The second-order valence-electron chi connectivity index (χ2n) is 7.55. The Morgan fingerprint density at radius 3 is 2.43 bits per heavy atom. The fourth-order valence-corrected chi connectivity index (χ4v) is 4.19. The molecule has 5 nitrogen and oxygen atoms in total. The van der Waals surface area contributed by atoms with Gasteiger partial charge in [-0.2, -0.15) is 0 Å². The van der Waals surface area contributed by atoms with Crippen LogP contribution in [0.3, 0.4) is 0 Å². The first-order chi connectivity index (χ1) is 13.7. The Morgan fingerprint density at radius 1 is 1.04 bits per heavy atom. The second-order valence-corrected chi connectivity index (χ2v) is 7.55. The van der Waals surface area contributed by atoms with Gasteiger partial charge in [-0.1, -0.05) is 24.3 Å². The summed E-state index contributed by atoms with van der Waals surface area (Å²) in [6.07, 6.45) is 3.58. The molecular weight excluding hydrogens is 352 g/mol. The molecule has 2 aromatic rings. The molecule has 4 rings (SSSR count). The van der Waals surface area contributed by atoms with Gasteiger partial charge >= 0.3 is 0 Å². The molecular formula is C23H26N2O3. The van der Waals surface area contributed by atoms with E-state index in [1.165, 1.54) is 0 Å². The predicted molar refractivity (Wildman–Crippen MR) is 107 cm³/mol. The fraction of sp³-hybridized carbons (Fsp3) is 0.391. The van der Waals surface area contributed by atoms with E-state index < -0.39 is 0 Å². The van der Waals surface area contributed by atoms with E-state index in [0.717, 1.165) is 49.2 Å². The average Bonchev–Trinajstić information content (AvgIpc) is 3.38. The van der Waals surface area contributed by atoms with Gasteiger partial charge in [-0.05, 0) is 54.7 Å². The fourth-order valence-electron chi connectivity index (χ4n) is 4.19. The van der Waals surface area contributed by atoms with Crippen LogP contribution in [0, 0.1) is 0 Å². The Morgan fingerprint density at radius 2 is 1.79 bits per heavy atom. The number of likely N-dealkylation sites (tertiary alicyclic amines) is 2. The highest BCUT2D eigenvalue weighted by molar-refractivity contribution is 5.94. The van der Waals surface area contributed by atoms with Crippen LogP contribution < -0.4 is 4.74 Å². The molecule has 0 radical (unpaired) electrons. The Balaban J connectivity index is 1.45. The van der Waals surface area contributed by atoms with Crippen molar-refractivity contribution in [1.29, 1.82) is 0 Å². The van der Waals surface area contributed by atoms with E-state index in [4.69, 9.17) is 4.74 Å². The van der Waals surface area contributed by atoms with Crippen LogP contribution in [-0.4, -0.2) is 41.8 Å². The molecule has 0 N–H and O–H groups in total. The standard InChI is InChI=1S/C23H26N2O3/c1-28-20-12-10-18(11-13-20)21-4-2-15-25(21)23(27)19-8-6-17(7-9-19)16-24-14-3-5-22(24)26/h6-13,21H,2-5,14-16H2,1H3. The number of ether oxygens (including phenoxy) is 1. The molecule has 2 aromatic carbocycles. The summed E-state index contributed by atoms with van der Waals surface area (Å²) < 4.78 is 5.24. The largest absolute Gasteiger partial charge is 0.497 e. The van der Waals surface area contributed by atoms with Crippen molar-refractivity contribution in [2.75, 3.05) is 20.2 Å². The normalized spacial score (nSPS) is 19.3. The van der Waals surface area contributed by atoms with E-state index in [0.29, 0.717) is 18.5 Å². The minimum Gasteiger partial charge on any atom is -0.497 e. The number of methoxy groups -OCH3 is 1. The summed E-state index contributed by atoms with van der Waals surface area (Å²) in [5, 5.41) is 0. The van der Waals surface area contributed by atoms with Crippen molar-refractivity contribution < 1.29 is 14.3 Å². The first-order valence-electron chi connectivity index (χ1n) is 9.97. The molecule has 1 unspecified atom stereocenters. The topological polar surface area (TPSA) is 49.9 Å². The number of hydrogen-bond donors (Lipinski definition) is 0. The molecule has 0 bridgehead atoms. The summed E-state index contributed by atoms with van der Waals surface area (Å²) >= 11 is 0. The van der Waals surface area contributed by atoms with Gasteiger partial charge in [0.05, 0.1) is 13.2 Å². The van der Waals surface area contributed by atoms with Crippen LogP contribution in [0.5, 0.6) is 5.75 Å². The molecule has 2 aliphatic rings. The first-order valence-corrected chi connectivity index (χ1v) is 9.97. The van der Waals surface area contributed by atoms with Crippen LogP contribution in [0.15, 0.2) is 48.5 Å². The maximum atomic E-state index is 13.1. The Kier molecular flexibility index (Phi) is 5.33. The summed E-state index contributed by atoms with van der Waals surface area (Å²) in [5.41, 5.74) is 2.92. The molecule has 2 saturated heterocycles. The van der Waals surface area contributed by atoms with Gasteiger partial charge in [0.2, 0.25) is 5.91 Å². The van der Waals surface area contributed by atoms with Crippen LogP contribution in [0.2, 0.25) is 0 Å². The maximum Gasteiger partial charge on any atom is 0.254 e. The van der Waals surface area contributed by atoms with Gasteiger partial charge in [0, 0.05) is 31.6 Å². The zero-order valence-electron chi connectivity index (χ0n) is 16.3. The van der Waals surface area contributed by atoms with Crippen molar-refractivity contribution >= 4 is 11.8 Å². The lowest BCUT2D eigenvalue weighted by Crippen LogP contribution is -2.30. The lowest BCUT2D eigenvalue weighted by Gasteiger charge is -2.25. The minimum atomic E-state index is 0.0714. The quantitative estimate of drug-likeness (QED) is 0.795. The lowest BCUT2D eigenvalue weighted by molar-refractivity contribution is -0.128. The van der Waals surface area contributed by atoms with Gasteiger partial charge in [-0.3, -0.25) is 9.59 Å². The first kappa shape index (κ1) is 18.5. The number of carbonyl (C=O) groups is 2. The van der Waals surface area contributed by atoms with Crippen molar-refractivity contribution in [3.63, 3.8) is 0 Å². The SMILES string of the molecule is COc1ccc(C2CCCN2C(=O)c2ccc(CN3CCCC3=O)cc2)cc1. The lowest BCUT2D eigenvalue weighted by atomic mass is 10.0. The Hall–Kier alpha value is -2.82. The molecule has 28 heavy (non-hydrogen) atoms. The molecule has 1 atom stereocenters. The molecule has 0 aromatic heterocycles. The molecule has 5 heteroatoms. The van der Waals surface area contributed by atoms with Crippen LogP contribution >= 0.6 is 0 Å². The van der Waals surface area contributed by atoms with E-state index in [2.05, 4.69) is 0 Å². The third kappa shape index (κ3) is 3.75. The van der Waals surface area contributed by atoms with Gasteiger partial charge < -0.3 is 14.5 Å². The Labute approximate surface area is 165 Å². The highest BCUT2D eigenvalue weighted by Gasteiger charge is 2.30. The summed E-state index contributed by atoms with van der Waals surface area (Å²) in [5.74, 6) is 1.12. The molecule has 2 fully saturated rings. The Bertz CT molecular complexity index is 845. The maximum absolute atomic E-state index is 13.1. The zero-order valence-corrected chi connectivity index (χ0v) is 16.3. The number of amides is 2. The highest BCUT2D eigenvalue weighted by Crippen LogP contribution is 2.34. The molecule has 0 aliphatic carbocycles. The number of carbonyl (C=O) groups excluding carboxylic acids is 2. The number of benzene rings is 2. The van der Waals surface area contributed by atoms with E-state index in [9.17, 15) is 9.59 Å². The average molecular weight is 378 g/mol. The van der Waals surface area contributed by atoms with Crippen LogP contribution in [-0.2, 0) is 11.3 Å². The monoisotopic (exact) mass is 378 g/mol. The van der Waals surface area contributed by atoms with E-state index in [-0.39, 0.29) is 17.9 Å². The molecule has 0 saturated carbocycles.